The molecule has 0 radical (unpaired) electrons. The molecule has 5 aromatic rings. The van der Waals surface area contributed by atoms with Crippen LogP contribution in [0.2, 0.25) is 0 Å². The summed E-state index contributed by atoms with van der Waals surface area (Å²) in [5.41, 5.74) is 0.330. The molecular weight excluding hydrogens is 470 g/mol. The molecule has 0 atom stereocenters. The lowest BCUT2D eigenvalue weighted by Gasteiger charge is -2.12. The standard InChI is InChI=1S/C23H19N7O4S/c1-23(2,3)21-28-29-22(35-21)27-19(31)11-8-9-13-12(10-11)18(30(33)34)16(24-13)17-20(32)26-15-7-5-4-6-14(15)25-17/h4-10,24H,1-3H3,(H,26,32)(H,27,29,31). The van der Waals surface area contributed by atoms with Crippen LogP contribution in [0.3, 0.4) is 0 Å². The number of rotatable bonds is 4. The minimum absolute atomic E-state index is 0.0338. The first-order valence-electron chi connectivity index (χ1n) is 10.6. The Morgan fingerprint density at radius 1 is 1.09 bits per heavy atom. The number of anilines is 1. The maximum Gasteiger partial charge on any atom is 0.304 e. The molecule has 2 aromatic carbocycles. The number of amides is 1. The highest BCUT2D eigenvalue weighted by Crippen LogP contribution is 2.36. The summed E-state index contributed by atoms with van der Waals surface area (Å²) in [6.45, 7) is 5.97. The molecule has 0 fully saturated rings. The summed E-state index contributed by atoms with van der Waals surface area (Å²) < 4.78 is 0. The van der Waals surface area contributed by atoms with Crippen molar-refractivity contribution in [1.82, 2.24) is 25.1 Å². The quantitative estimate of drug-likeness (QED) is 0.249. The van der Waals surface area contributed by atoms with Gasteiger partial charge in [0.05, 0.1) is 26.9 Å². The maximum atomic E-state index is 12.9. The van der Waals surface area contributed by atoms with Crippen molar-refractivity contribution in [1.29, 1.82) is 0 Å². The Morgan fingerprint density at radius 2 is 1.86 bits per heavy atom. The molecule has 0 saturated carbocycles. The second-order valence-electron chi connectivity index (χ2n) is 8.91. The molecule has 3 N–H and O–H groups in total. The van der Waals surface area contributed by atoms with Gasteiger partial charge in [0.2, 0.25) is 5.13 Å². The van der Waals surface area contributed by atoms with Gasteiger partial charge in [0.1, 0.15) is 10.7 Å². The van der Waals surface area contributed by atoms with E-state index >= 15 is 0 Å². The zero-order chi connectivity index (χ0) is 24.9. The Hall–Kier alpha value is -4.45. The summed E-state index contributed by atoms with van der Waals surface area (Å²) in [5.74, 6) is -0.484. The first kappa shape index (κ1) is 22.3. The molecule has 0 spiro atoms. The Morgan fingerprint density at radius 3 is 2.57 bits per heavy atom. The Labute approximate surface area is 201 Å². The Bertz CT molecular complexity index is 1690. The van der Waals surface area contributed by atoms with E-state index < -0.39 is 16.4 Å². The predicted octanol–water partition coefficient (Wildman–Crippen LogP) is 4.38. The maximum absolute atomic E-state index is 12.9. The van der Waals surface area contributed by atoms with Crippen molar-refractivity contribution in [2.24, 2.45) is 0 Å². The highest BCUT2D eigenvalue weighted by molar-refractivity contribution is 7.15. The Kier molecular flexibility index (Phi) is 5.17. The van der Waals surface area contributed by atoms with Crippen molar-refractivity contribution in [3.05, 3.63) is 73.5 Å². The zero-order valence-electron chi connectivity index (χ0n) is 18.9. The molecular formula is C23H19N7O4S. The number of carbonyl (C=O) groups excluding carboxylic acids is 1. The minimum Gasteiger partial charge on any atom is -0.347 e. The van der Waals surface area contributed by atoms with E-state index in [0.717, 1.165) is 5.01 Å². The van der Waals surface area contributed by atoms with Crippen LogP contribution in [0.5, 0.6) is 0 Å². The summed E-state index contributed by atoms with van der Waals surface area (Å²) in [6, 6.07) is 11.4. The number of aromatic nitrogens is 5. The van der Waals surface area contributed by atoms with E-state index in [0.29, 0.717) is 21.7 Å². The van der Waals surface area contributed by atoms with Crippen LogP contribution in [0.15, 0.2) is 47.3 Å². The monoisotopic (exact) mass is 489 g/mol. The molecule has 12 heteroatoms. The molecule has 0 bridgehead atoms. The number of hydrogen-bond acceptors (Lipinski definition) is 8. The van der Waals surface area contributed by atoms with Crippen LogP contribution >= 0.6 is 11.3 Å². The number of para-hydroxylation sites is 2. The van der Waals surface area contributed by atoms with Gasteiger partial charge in [-0.3, -0.25) is 25.0 Å². The molecule has 11 nitrogen and oxygen atoms in total. The van der Waals surface area contributed by atoms with E-state index in [2.05, 4.69) is 30.5 Å². The van der Waals surface area contributed by atoms with Crippen molar-refractivity contribution >= 4 is 50.0 Å². The van der Waals surface area contributed by atoms with Crippen molar-refractivity contribution in [2.45, 2.75) is 26.2 Å². The number of nitrogens with one attached hydrogen (secondary N) is 3. The van der Waals surface area contributed by atoms with Gasteiger partial charge in [0.15, 0.2) is 5.69 Å². The van der Waals surface area contributed by atoms with Crippen LogP contribution in [0.1, 0.15) is 36.1 Å². The van der Waals surface area contributed by atoms with Crippen LogP contribution < -0.4 is 10.9 Å². The van der Waals surface area contributed by atoms with Crippen LogP contribution in [-0.2, 0) is 5.41 Å². The largest absolute Gasteiger partial charge is 0.347 e. The van der Waals surface area contributed by atoms with Crippen LogP contribution in [0, 0.1) is 10.1 Å². The zero-order valence-corrected chi connectivity index (χ0v) is 19.7. The number of carbonyl (C=O) groups is 1. The molecule has 3 heterocycles. The lowest BCUT2D eigenvalue weighted by Crippen LogP contribution is -2.12. The fraction of sp³-hybridized carbons (Fsp3) is 0.174. The van der Waals surface area contributed by atoms with Crippen LogP contribution in [0.4, 0.5) is 10.8 Å². The third kappa shape index (κ3) is 4.04. The molecule has 35 heavy (non-hydrogen) atoms. The normalized spacial score (nSPS) is 11.7. The topological polar surface area (TPSA) is 160 Å². The SMILES string of the molecule is CC(C)(C)c1nnc(NC(=O)c2ccc3[nH]c(-c4nc5ccccc5[nH]c4=O)c([N+](=O)[O-])c3c2)s1. The molecule has 176 valence electrons. The fourth-order valence-electron chi connectivity index (χ4n) is 3.63. The summed E-state index contributed by atoms with van der Waals surface area (Å²) in [5, 5.41) is 24.1. The van der Waals surface area contributed by atoms with Crippen molar-refractivity contribution < 1.29 is 9.72 Å². The second kappa shape index (κ2) is 8.09. The highest BCUT2D eigenvalue weighted by atomic mass is 32.1. The van der Waals surface area contributed by atoms with Gasteiger partial charge in [-0.1, -0.05) is 44.2 Å². The first-order chi connectivity index (χ1) is 16.6. The number of aromatic amines is 2. The van der Waals surface area contributed by atoms with Gasteiger partial charge < -0.3 is 9.97 Å². The number of nitro groups is 1. The van der Waals surface area contributed by atoms with Crippen molar-refractivity contribution in [2.75, 3.05) is 5.32 Å². The van der Waals surface area contributed by atoms with E-state index in [1.165, 1.54) is 23.5 Å². The predicted molar refractivity (Wildman–Crippen MR) is 133 cm³/mol. The molecule has 3 aromatic heterocycles. The summed E-state index contributed by atoms with van der Waals surface area (Å²) in [4.78, 5) is 47.0. The minimum atomic E-state index is -0.591. The van der Waals surface area contributed by atoms with Gasteiger partial charge in [0.25, 0.3) is 11.5 Å². The van der Waals surface area contributed by atoms with E-state index in [1.807, 2.05) is 20.8 Å². The lowest BCUT2D eigenvalue weighted by molar-refractivity contribution is -0.382. The summed E-state index contributed by atoms with van der Waals surface area (Å²) in [6.07, 6.45) is 0. The average molecular weight is 490 g/mol. The molecule has 0 saturated heterocycles. The number of nitrogens with zero attached hydrogens (tertiary/aromatic N) is 4. The van der Waals surface area contributed by atoms with E-state index in [1.54, 1.807) is 30.3 Å². The van der Waals surface area contributed by atoms with Crippen molar-refractivity contribution in [3.63, 3.8) is 0 Å². The number of benzene rings is 2. The fourth-order valence-corrected chi connectivity index (χ4v) is 4.42. The van der Waals surface area contributed by atoms with Crippen LogP contribution in [-0.4, -0.2) is 36.0 Å². The third-order valence-electron chi connectivity index (χ3n) is 5.34. The third-order valence-corrected chi connectivity index (χ3v) is 6.60. The van der Waals surface area contributed by atoms with E-state index in [4.69, 9.17) is 0 Å². The highest BCUT2D eigenvalue weighted by Gasteiger charge is 2.27. The van der Waals surface area contributed by atoms with Crippen LogP contribution in [0.25, 0.3) is 33.3 Å². The number of hydrogen-bond donors (Lipinski definition) is 3. The molecule has 0 aliphatic carbocycles. The number of H-pyrrole nitrogens is 2. The van der Waals surface area contributed by atoms with Gasteiger partial charge in [0, 0.05) is 11.0 Å². The smallest absolute Gasteiger partial charge is 0.304 e. The first-order valence-corrected chi connectivity index (χ1v) is 11.4. The van der Waals surface area contributed by atoms with Gasteiger partial charge >= 0.3 is 5.69 Å². The summed E-state index contributed by atoms with van der Waals surface area (Å²) in [7, 11) is 0. The van der Waals surface area contributed by atoms with E-state index in [9.17, 15) is 19.7 Å². The number of fused-ring (bicyclic) bond motifs is 2. The van der Waals surface area contributed by atoms with Gasteiger partial charge in [-0.05, 0) is 30.3 Å². The molecule has 0 unspecified atom stereocenters. The molecule has 0 aliphatic rings. The van der Waals surface area contributed by atoms with E-state index in [-0.39, 0.29) is 33.4 Å². The van der Waals surface area contributed by atoms with Crippen molar-refractivity contribution in [3.8, 4) is 11.4 Å². The Balaban J connectivity index is 1.57. The average Bonchev–Trinajstić information content (AvgIpc) is 3.42. The lowest BCUT2D eigenvalue weighted by atomic mass is 9.98. The van der Waals surface area contributed by atoms with Gasteiger partial charge in [-0.15, -0.1) is 10.2 Å². The molecule has 5 rings (SSSR count). The van der Waals surface area contributed by atoms with Gasteiger partial charge in [-0.25, -0.2) is 4.98 Å². The molecule has 1 amide bonds. The molecule has 0 aliphatic heterocycles. The summed E-state index contributed by atoms with van der Waals surface area (Å²) >= 11 is 1.26. The van der Waals surface area contributed by atoms with Gasteiger partial charge in [-0.2, -0.15) is 0 Å². The second-order valence-corrected chi connectivity index (χ2v) is 9.89.